The SMILES string of the molecule is CON(C)C(=O)N1N=C(c2cc(F)ccc2F)SC1(CCONC1=NCCCN1)c1ccccc1. The summed E-state index contributed by atoms with van der Waals surface area (Å²) >= 11 is 1.15. The number of nitrogens with zero attached hydrogens (tertiary/aromatic N) is 4. The quantitative estimate of drug-likeness (QED) is 0.444. The Balaban J connectivity index is 1.68. The number of halogens is 2. The third-order valence-corrected chi connectivity index (χ3v) is 6.96. The Morgan fingerprint density at radius 3 is 2.80 bits per heavy atom. The molecule has 2 N–H and O–H groups in total. The highest BCUT2D eigenvalue weighted by Crippen LogP contribution is 2.50. The molecule has 0 spiro atoms. The fourth-order valence-corrected chi connectivity index (χ4v) is 5.02. The molecule has 0 radical (unpaired) electrons. The second-order valence-corrected chi connectivity index (χ2v) is 9.03. The zero-order valence-electron chi connectivity index (χ0n) is 19.3. The van der Waals surface area contributed by atoms with Gasteiger partial charge in [-0.1, -0.05) is 42.1 Å². The summed E-state index contributed by atoms with van der Waals surface area (Å²) in [7, 11) is 2.80. The van der Waals surface area contributed by atoms with E-state index in [1.165, 1.54) is 19.2 Å². The molecule has 186 valence electrons. The van der Waals surface area contributed by atoms with Crippen molar-refractivity contribution >= 4 is 28.8 Å². The lowest BCUT2D eigenvalue weighted by atomic mass is 10.0. The van der Waals surface area contributed by atoms with Gasteiger partial charge in [-0.2, -0.15) is 10.1 Å². The maximum Gasteiger partial charge on any atom is 0.365 e. The molecule has 0 aliphatic carbocycles. The number of rotatable bonds is 7. The summed E-state index contributed by atoms with van der Waals surface area (Å²) in [4.78, 5) is 27.3. The number of hydroxylamine groups is 3. The topological polar surface area (TPSA) is 90.8 Å². The number of nitrogens with one attached hydrogen (secondary N) is 2. The first-order chi connectivity index (χ1) is 16.9. The first-order valence-corrected chi connectivity index (χ1v) is 11.8. The number of hydrogen-bond donors (Lipinski definition) is 2. The second kappa shape index (κ2) is 11.0. The summed E-state index contributed by atoms with van der Waals surface area (Å²) in [6.45, 7) is 1.64. The van der Waals surface area contributed by atoms with Crippen LogP contribution >= 0.6 is 11.8 Å². The Bertz CT molecular complexity index is 1120. The highest BCUT2D eigenvalue weighted by molar-refractivity contribution is 8.15. The third-order valence-electron chi connectivity index (χ3n) is 5.52. The lowest BCUT2D eigenvalue weighted by Crippen LogP contribution is -2.48. The summed E-state index contributed by atoms with van der Waals surface area (Å²) in [5, 5.41) is 9.96. The minimum atomic E-state index is -1.12. The van der Waals surface area contributed by atoms with E-state index in [0.29, 0.717) is 12.5 Å². The highest BCUT2D eigenvalue weighted by atomic mass is 32.2. The molecule has 2 aromatic rings. The van der Waals surface area contributed by atoms with Crippen LogP contribution in [0.2, 0.25) is 0 Å². The Hall–Kier alpha value is -3.22. The average Bonchev–Trinajstić information content (AvgIpc) is 3.28. The molecule has 1 atom stereocenters. The molecule has 1 unspecified atom stereocenters. The summed E-state index contributed by atoms with van der Waals surface area (Å²) in [6, 6.07) is 11.8. The predicted molar refractivity (Wildman–Crippen MR) is 129 cm³/mol. The molecule has 2 aliphatic rings. The first kappa shape index (κ1) is 24.9. The van der Waals surface area contributed by atoms with Gasteiger partial charge in [0.1, 0.15) is 21.5 Å². The van der Waals surface area contributed by atoms with Crippen LogP contribution in [0.4, 0.5) is 13.6 Å². The summed E-state index contributed by atoms with van der Waals surface area (Å²) in [5.74, 6) is -0.717. The van der Waals surface area contributed by atoms with Crippen LogP contribution in [0.15, 0.2) is 58.6 Å². The molecule has 0 aromatic heterocycles. The number of hydrazone groups is 1. The molecule has 2 aliphatic heterocycles. The zero-order valence-corrected chi connectivity index (χ0v) is 20.1. The highest BCUT2D eigenvalue weighted by Gasteiger charge is 2.50. The molecule has 2 heterocycles. The van der Waals surface area contributed by atoms with Gasteiger partial charge in [-0.05, 0) is 30.2 Å². The molecule has 4 rings (SSSR count). The summed E-state index contributed by atoms with van der Waals surface area (Å²) < 4.78 is 28.7. The van der Waals surface area contributed by atoms with Gasteiger partial charge in [0, 0.05) is 32.1 Å². The zero-order chi connectivity index (χ0) is 24.8. The van der Waals surface area contributed by atoms with Crippen molar-refractivity contribution in [2.24, 2.45) is 10.1 Å². The lowest BCUT2D eigenvalue weighted by Gasteiger charge is -2.36. The molecule has 12 heteroatoms. The van der Waals surface area contributed by atoms with Gasteiger partial charge in [-0.3, -0.25) is 14.7 Å². The van der Waals surface area contributed by atoms with Crippen LogP contribution in [0.25, 0.3) is 0 Å². The van der Waals surface area contributed by atoms with E-state index in [0.717, 1.165) is 53.6 Å². The fraction of sp³-hybridized carbons (Fsp3) is 0.348. The van der Waals surface area contributed by atoms with E-state index < -0.39 is 22.5 Å². The van der Waals surface area contributed by atoms with Gasteiger partial charge in [0.25, 0.3) is 0 Å². The van der Waals surface area contributed by atoms with E-state index >= 15 is 0 Å². The van der Waals surface area contributed by atoms with Crippen molar-refractivity contribution in [3.8, 4) is 0 Å². The van der Waals surface area contributed by atoms with E-state index in [-0.39, 0.29) is 23.6 Å². The van der Waals surface area contributed by atoms with E-state index in [9.17, 15) is 13.6 Å². The molecule has 35 heavy (non-hydrogen) atoms. The van der Waals surface area contributed by atoms with E-state index in [1.54, 1.807) is 0 Å². The molecule has 0 bridgehead atoms. The number of amides is 2. The number of aliphatic imine (C=N–C) groups is 1. The van der Waals surface area contributed by atoms with E-state index in [1.807, 2.05) is 30.3 Å². The fourth-order valence-electron chi connectivity index (χ4n) is 3.66. The molecular weight excluding hydrogens is 478 g/mol. The van der Waals surface area contributed by atoms with Crippen LogP contribution in [0, 0.1) is 11.6 Å². The van der Waals surface area contributed by atoms with Crippen LogP contribution in [0.1, 0.15) is 24.0 Å². The molecule has 9 nitrogen and oxygen atoms in total. The van der Waals surface area contributed by atoms with Crippen molar-refractivity contribution in [2.75, 3.05) is 33.9 Å². The Morgan fingerprint density at radius 1 is 1.29 bits per heavy atom. The number of carbonyl (C=O) groups is 1. The van der Waals surface area contributed by atoms with Crippen molar-refractivity contribution in [1.82, 2.24) is 20.9 Å². The molecule has 2 aromatic carbocycles. The van der Waals surface area contributed by atoms with Gasteiger partial charge >= 0.3 is 6.03 Å². The number of carbonyl (C=O) groups excluding carboxylic acids is 1. The number of guanidine groups is 1. The number of urea groups is 1. The minimum Gasteiger partial charge on any atom is -0.355 e. The normalized spacial score (nSPS) is 19.6. The Kier molecular flexibility index (Phi) is 7.83. The minimum absolute atomic E-state index is 0.0366. The number of thioether (sulfide) groups is 1. The van der Waals surface area contributed by atoms with Gasteiger partial charge in [0.2, 0.25) is 5.96 Å². The van der Waals surface area contributed by atoms with Gasteiger partial charge < -0.3 is 5.32 Å². The van der Waals surface area contributed by atoms with Crippen molar-refractivity contribution < 1.29 is 23.3 Å². The number of benzene rings is 2. The van der Waals surface area contributed by atoms with E-state index in [4.69, 9.17) is 9.68 Å². The van der Waals surface area contributed by atoms with Gasteiger partial charge in [-0.15, -0.1) is 0 Å². The standard InChI is InChI=1S/C23H26F2N6O3S/c1-30(33-2)22(32)31-23(16-7-4-3-5-8-16,11-14-34-29-21-26-12-6-13-27-21)35-20(28-31)18-15-17(24)9-10-19(18)25/h3-5,7-10,15H,6,11-14H2,1-2H3,(H2,26,27,29). The van der Waals surface area contributed by atoms with Crippen LogP contribution in [-0.2, 0) is 14.5 Å². The van der Waals surface area contributed by atoms with Crippen LogP contribution in [0.5, 0.6) is 0 Å². The first-order valence-electron chi connectivity index (χ1n) is 11.0. The predicted octanol–water partition coefficient (Wildman–Crippen LogP) is 3.40. The van der Waals surface area contributed by atoms with Crippen molar-refractivity contribution in [3.05, 3.63) is 71.3 Å². The Labute approximate surface area is 206 Å². The van der Waals surface area contributed by atoms with E-state index in [2.05, 4.69) is 20.9 Å². The van der Waals surface area contributed by atoms with Crippen LogP contribution in [0.3, 0.4) is 0 Å². The van der Waals surface area contributed by atoms with Crippen LogP contribution in [-0.4, -0.2) is 61.0 Å². The van der Waals surface area contributed by atoms with Crippen molar-refractivity contribution in [2.45, 2.75) is 17.7 Å². The molecule has 2 amide bonds. The average molecular weight is 505 g/mol. The van der Waals surface area contributed by atoms with Gasteiger partial charge in [0.15, 0.2) is 0 Å². The molecule has 0 saturated carbocycles. The summed E-state index contributed by atoms with van der Waals surface area (Å²) in [5.41, 5.74) is 3.49. The maximum atomic E-state index is 14.7. The molecular formula is C23H26F2N6O3S. The Morgan fingerprint density at radius 2 is 2.09 bits per heavy atom. The van der Waals surface area contributed by atoms with Gasteiger partial charge in [0.05, 0.1) is 13.7 Å². The molecule has 0 fully saturated rings. The second-order valence-electron chi connectivity index (χ2n) is 7.77. The maximum absolute atomic E-state index is 14.7. The number of hydrogen-bond acceptors (Lipinski definition) is 8. The van der Waals surface area contributed by atoms with Crippen LogP contribution < -0.4 is 10.8 Å². The van der Waals surface area contributed by atoms with Gasteiger partial charge in [-0.25, -0.2) is 24.1 Å². The largest absolute Gasteiger partial charge is 0.365 e. The smallest absolute Gasteiger partial charge is 0.355 e. The monoisotopic (exact) mass is 504 g/mol. The van der Waals surface area contributed by atoms with Crippen molar-refractivity contribution in [1.29, 1.82) is 0 Å². The lowest BCUT2D eigenvalue weighted by molar-refractivity contribution is -0.0815. The summed E-state index contributed by atoms with van der Waals surface area (Å²) in [6.07, 6.45) is 1.20. The molecule has 0 saturated heterocycles. The van der Waals surface area contributed by atoms with Crippen molar-refractivity contribution in [3.63, 3.8) is 0 Å². The third kappa shape index (κ3) is 5.39.